The highest BCUT2D eigenvalue weighted by Crippen LogP contribution is 2.23. The summed E-state index contributed by atoms with van der Waals surface area (Å²) in [6.45, 7) is 0. The minimum atomic E-state index is -0.0420. The Kier molecular flexibility index (Phi) is 4.65. The van der Waals surface area contributed by atoms with Crippen molar-refractivity contribution in [3.8, 4) is 11.5 Å². The van der Waals surface area contributed by atoms with E-state index in [1.54, 1.807) is 20.4 Å². The minimum absolute atomic E-state index is 0.0420. The van der Waals surface area contributed by atoms with Gasteiger partial charge in [-0.15, -0.1) is 0 Å². The summed E-state index contributed by atoms with van der Waals surface area (Å²) in [6.07, 6.45) is 2.71. The molecule has 0 saturated carbocycles. The second-order valence-corrected chi connectivity index (χ2v) is 5.44. The number of nitrogens with zero attached hydrogens (tertiary/aromatic N) is 1. The first-order chi connectivity index (χ1) is 11.7. The highest BCUT2D eigenvalue weighted by atomic mass is 16.5. The summed E-state index contributed by atoms with van der Waals surface area (Å²) in [7, 11) is 3.22. The first-order valence-corrected chi connectivity index (χ1v) is 7.63. The summed E-state index contributed by atoms with van der Waals surface area (Å²) in [6, 6.07) is 11.3. The molecule has 2 aromatic carbocycles. The van der Waals surface area contributed by atoms with Crippen LogP contribution in [0, 0.1) is 0 Å². The number of aryl methyl sites for hydroxylation is 1. The molecule has 0 fully saturated rings. The quantitative estimate of drug-likeness (QED) is 0.730. The predicted molar refractivity (Wildman–Crippen MR) is 92.6 cm³/mol. The zero-order valence-corrected chi connectivity index (χ0v) is 13.6. The van der Waals surface area contributed by atoms with Crippen LogP contribution in [-0.4, -0.2) is 30.3 Å². The van der Waals surface area contributed by atoms with Crippen molar-refractivity contribution < 1.29 is 14.3 Å². The Bertz CT molecular complexity index is 835. The fourth-order valence-electron chi connectivity index (χ4n) is 2.51. The molecule has 0 saturated heterocycles. The van der Waals surface area contributed by atoms with Crippen LogP contribution in [0.5, 0.6) is 11.5 Å². The SMILES string of the molecule is COc1cc(CCC(=O)Nc2ccc3[nH]ncc3c2)cc(OC)c1. The second kappa shape index (κ2) is 7.04. The number of carbonyl (C=O) groups excluding carboxylic acids is 1. The Morgan fingerprint density at radius 2 is 1.88 bits per heavy atom. The zero-order valence-electron chi connectivity index (χ0n) is 13.6. The topological polar surface area (TPSA) is 76.2 Å². The van der Waals surface area contributed by atoms with Crippen LogP contribution in [-0.2, 0) is 11.2 Å². The maximum Gasteiger partial charge on any atom is 0.224 e. The number of rotatable bonds is 6. The van der Waals surface area contributed by atoms with Gasteiger partial charge in [-0.1, -0.05) is 0 Å². The van der Waals surface area contributed by atoms with Gasteiger partial charge in [0.05, 0.1) is 25.9 Å². The van der Waals surface area contributed by atoms with E-state index in [0.29, 0.717) is 12.8 Å². The van der Waals surface area contributed by atoms with Crippen molar-refractivity contribution in [3.63, 3.8) is 0 Å². The largest absolute Gasteiger partial charge is 0.497 e. The molecule has 0 unspecified atom stereocenters. The number of H-pyrrole nitrogens is 1. The molecule has 6 nitrogen and oxygen atoms in total. The molecular weight excluding hydrogens is 306 g/mol. The number of hydrogen-bond acceptors (Lipinski definition) is 4. The average Bonchev–Trinajstić information content (AvgIpc) is 3.07. The van der Waals surface area contributed by atoms with E-state index in [4.69, 9.17) is 9.47 Å². The molecule has 0 bridgehead atoms. The summed E-state index contributed by atoms with van der Waals surface area (Å²) in [5.41, 5.74) is 2.69. The maximum absolute atomic E-state index is 12.2. The number of hydrogen-bond donors (Lipinski definition) is 2. The summed E-state index contributed by atoms with van der Waals surface area (Å²) in [5.74, 6) is 1.39. The first-order valence-electron chi connectivity index (χ1n) is 7.63. The molecule has 0 aliphatic heterocycles. The van der Waals surface area contributed by atoms with Crippen molar-refractivity contribution in [1.29, 1.82) is 0 Å². The summed E-state index contributed by atoms with van der Waals surface area (Å²) in [4.78, 5) is 12.2. The van der Waals surface area contributed by atoms with Crippen LogP contribution in [0.1, 0.15) is 12.0 Å². The first kappa shape index (κ1) is 15.9. The molecule has 1 amide bonds. The van der Waals surface area contributed by atoms with Gasteiger partial charge >= 0.3 is 0 Å². The molecule has 0 aliphatic carbocycles. The van der Waals surface area contributed by atoms with E-state index in [9.17, 15) is 4.79 Å². The van der Waals surface area contributed by atoms with Crippen molar-refractivity contribution in [2.24, 2.45) is 0 Å². The van der Waals surface area contributed by atoms with Crippen LogP contribution in [0.25, 0.3) is 10.9 Å². The number of anilines is 1. The molecule has 6 heteroatoms. The van der Waals surface area contributed by atoms with Crippen molar-refractivity contribution in [2.75, 3.05) is 19.5 Å². The van der Waals surface area contributed by atoms with Gasteiger partial charge in [0.2, 0.25) is 5.91 Å². The average molecular weight is 325 g/mol. The minimum Gasteiger partial charge on any atom is -0.497 e. The molecule has 24 heavy (non-hydrogen) atoms. The van der Waals surface area contributed by atoms with Crippen LogP contribution in [0.3, 0.4) is 0 Å². The Morgan fingerprint density at radius 3 is 2.58 bits per heavy atom. The molecule has 3 aromatic rings. The van der Waals surface area contributed by atoms with Gasteiger partial charge in [-0.25, -0.2) is 0 Å². The van der Waals surface area contributed by atoms with Gasteiger partial charge in [-0.05, 0) is 42.3 Å². The lowest BCUT2D eigenvalue weighted by Crippen LogP contribution is -2.12. The summed E-state index contributed by atoms with van der Waals surface area (Å²) in [5, 5.41) is 10.7. The number of carbonyl (C=O) groups is 1. The molecule has 0 atom stereocenters. The molecular formula is C18H19N3O3. The van der Waals surface area contributed by atoms with E-state index in [-0.39, 0.29) is 5.91 Å². The molecule has 124 valence electrons. The van der Waals surface area contributed by atoms with Crippen molar-refractivity contribution in [2.45, 2.75) is 12.8 Å². The molecule has 2 N–H and O–H groups in total. The summed E-state index contributed by atoms with van der Waals surface area (Å²) < 4.78 is 10.5. The Balaban J connectivity index is 1.62. The van der Waals surface area contributed by atoms with Crippen molar-refractivity contribution in [1.82, 2.24) is 10.2 Å². The lowest BCUT2D eigenvalue weighted by atomic mass is 10.1. The zero-order chi connectivity index (χ0) is 16.9. The van der Waals surface area contributed by atoms with E-state index in [1.807, 2.05) is 36.4 Å². The molecule has 3 rings (SSSR count). The van der Waals surface area contributed by atoms with Crippen molar-refractivity contribution in [3.05, 3.63) is 48.2 Å². The van der Waals surface area contributed by atoms with Crippen molar-refractivity contribution >= 4 is 22.5 Å². The number of aromatic amines is 1. The lowest BCUT2D eigenvalue weighted by molar-refractivity contribution is -0.116. The highest BCUT2D eigenvalue weighted by molar-refractivity contribution is 5.93. The van der Waals surface area contributed by atoms with Gasteiger partial charge < -0.3 is 14.8 Å². The fraction of sp³-hybridized carbons (Fsp3) is 0.222. The number of methoxy groups -OCH3 is 2. The van der Waals surface area contributed by atoms with E-state index in [1.165, 1.54) is 0 Å². The smallest absolute Gasteiger partial charge is 0.224 e. The van der Waals surface area contributed by atoms with Gasteiger partial charge in [0.1, 0.15) is 11.5 Å². The Labute approximate surface area is 139 Å². The fourth-order valence-corrected chi connectivity index (χ4v) is 2.51. The number of benzene rings is 2. The van der Waals surface area contributed by atoms with Gasteiger partial charge in [0.25, 0.3) is 0 Å². The number of amides is 1. The molecule has 1 heterocycles. The Hall–Kier alpha value is -3.02. The number of aromatic nitrogens is 2. The number of nitrogens with one attached hydrogen (secondary N) is 2. The summed E-state index contributed by atoms with van der Waals surface area (Å²) >= 11 is 0. The van der Waals surface area contributed by atoms with Gasteiger partial charge in [-0.2, -0.15) is 5.10 Å². The van der Waals surface area contributed by atoms with E-state index >= 15 is 0 Å². The lowest BCUT2D eigenvalue weighted by Gasteiger charge is -2.09. The van der Waals surface area contributed by atoms with Crippen LogP contribution in [0.2, 0.25) is 0 Å². The van der Waals surface area contributed by atoms with E-state index in [0.717, 1.165) is 33.7 Å². The van der Waals surface area contributed by atoms with Crippen LogP contribution >= 0.6 is 0 Å². The third-order valence-corrected chi connectivity index (χ3v) is 3.78. The number of ether oxygens (including phenoxy) is 2. The maximum atomic E-state index is 12.2. The standard InChI is InChI=1S/C18H19N3O3/c1-23-15-7-12(8-16(10-15)24-2)3-6-18(22)20-14-4-5-17-13(9-14)11-19-21-17/h4-5,7-11H,3,6H2,1-2H3,(H,19,21)(H,20,22). The highest BCUT2D eigenvalue weighted by Gasteiger charge is 2.07. The number of fused-ring (bicyclic) bond motifs is 1. The monoisotopic (exact) mass is 325 g/mol. The predicted octanol–water partition coefficient (Wildman–Crippen LogP) is 3.15. The molecule has 0 aliphatic rings. The van der Waals surface area contributed by atoms with Gasteiger partial charge in [0.15, 0.2) is 0 Å². The van der Waals surface area contributed by atoms with E-state index < -0.39 is 0 Å². The van der Waals surface area contributed by atoms with Gasteiger partial charge in [0, 0.05) is 23.6 Å². The van der Waals surface area contributed by atoms with E-state index in [2.05, 4.69) is 15.5 Å². The normalized spacial score (nSPS) is 10.6. The van der Waals surface area contributed by atoms with Crippen LogP contribution < -0.4 is 14.8 Å². The molecule has 0 spiro atoms. The molecule has 0 radical (unpaired) electrons. The second-order valence-electron chi connectivity index (χ2n) is 5.44. The van der Waals surface area contributed by atoms with Crippen LogP contribution in [0.15, 0.2) is 42.6 Å². The Morgan fingerprint density at radius 1 is 1.12 bits per heavy atom. The van der Waals surface area contributed by atoms with Gasteiger partial charge in [-0.3, -0.25) is 9.89 Å². The molecule has 1 aromatic heterocycles. The third kappa shape index (κ3) is 3.65. The third-order valence-electron chi connectivity index (χ3n) is 3.78. The van der Waals surface area contributed by atoms with Crippen LogP contribution in [0.4, 0.5) is 5.69 Å².